The molecule has 102 valence electrons. The number of hydrogen-bond donors (Lipinski definition) is 1. The van der Waals surface area contributed by atoms with Crippen molar-refractivity contribution in [1.29, 1.82) is 0 Å². The van der Waals surface area contributed by atoms with Crippen LogP contribution in [0.4, 0.5) is 0 Å². The third-order valence-corrected chi connectivity index (χ3v) is 4.23. The number of aryl methyl sites for hydroxylation is 1. The second-order valence-corrected chi connectivity index (χ2v) is 5.52. The summed E-state index contributed by atoms with van der Waals surface area (Å²) >= 11 is 1.71. The molecule has 0 spiro atoms. The summed E-state index contributed by atoms with van der Waals surface area (Å²) in [6.45, 7) is 5.93. The molecule has 0 bridgehead atoms. The van der Waals surface area contributed by atoms with Gasteiger partial charge in [0.15, 0.2) is 0 Å². The Morgan fingerprint density at radius 3 is 2.56 bits per heavy atom. The van der Waals surface area contributed by atoms with Crippen molar-refractivity contribution < 1.29 is 4.79 Å². The normalized spacial score (nSPS) is 12.8. The highest BCUT2D eigenvalue weighted by Gasteiger charge is 2.23. The summed E-state index contributed by atoms with van der Waals surface area (Å²) in [6, 6.07) is 2.24. The highest BCUT2D eigenvalue weighted by atomic mass is 32.1. The van der Waals surface area contributed by atoms with Gasteiger partial charge < -0.3 is 10.6 Å². The molecule has 0 fully saturated rings. The maximum atomic E-state index is 11.8. The highest BCUT2D eigenvalue weighted by molar-refractivity contribution is 7.10. The zero-order valence-corrected chi connectivity index (χ0v) is 12.5. The first-order chi connectivity index (χ1) is 8.51. The van der Waals surface area contributed by atoms with Gasteiger partial charge in [-0.1, -0.05) is 6.92 Å². The summed E-state index contributed by atoms with van der Waals surface area (Å²) in [5.74, 6) is 0.115. The number of amides is 1. The summed E-state index contributed by atoms with van der Waals surface area (Å²) in [6.07, 6.45) is 0. The fourth-order valence-corrected chi connectivity index (χ4v) is 2.98. The standard InChI is InChI=1S/C13H23N3OS/c1-5-16(9-12(17)15(3)4)11(8-14)13-10(2)6-7-18-13/h6-7,11H,5,8-9,14H2,1-4H3. The van der Waals surface area contributed by atoms with E-state index in [9.17, 15) is 4.79 Å². The van der Waals surface area contributed by atoms with Gasteiger partial charge in [-0.25, -0.2) is 0 Å². The van der Waals surface area contributed by atoms with Crippen molar-refractivity contribution in [3.05, 3.63) is 21.9 Å². The molecule has 0 aromatic carbocycles. The number of likely N-dealkylation sites (N-methyl/N-ethyl adjacent to an activating group) is 2. The van der Waals surface area contributed by atoms with E-state index in [-0.39, 0.29) is 11.9 Å². The van der Waals surface area contributed by atoms with E-state index in [1.807, 2.05) is 0 Å². The second-order valence-electron chi connectivity index (χ2n) is 4.57. The average molecular weight is 269 g/mol. The van der Waals surface area contributed by atoms with E-state index in [0.29, 0.717) is 13.1 Å². The lowest BCUT2D eigenvalue weighted by atomic mass is 10.1. The summed E-state index contributed by atoms with van der Waals surface area (Å²) in [4.78, 5) is 16.9. The molecule has 0 saturated heterocycles. The SMILES string of the molecule is CCN(CC(=O)N(C)C)C(CN)c1sccc1C. The van der Waals surface area contributed by atoms with E-state index in [2.05, 4.69) is 30.2 Å². The van der Waals surface area contributed by atoms with Crippen LogP contribution in [0.15, 0.2) is 11.4 Å². The number of thiophene rings is 1. The van der Waals surface area contributed by atoms with Crippen LogP contribution in [-0.2, 0) is 4.79 Å². The molecule has 0 saturated carbocycles. The predicted molar refractivity (Wildman–Crippen MR) is 76.8 cm³/mol. The molecule has 0 aliphatic carbocycles. The van der Waals surface area contributed by atoms with E-state index in [4.69, 9.17) is 5.73 Å². The fraction of sp³-hybridized carbons (Fsp3) is 0.615. The minimum absolute atomic E-state index is 0.115. The van der Waals surface area contributed by atoms with Crippen molar-refractivity contribution >= 4 is 17.2 Å². The van der Waals surface area contributed by atoms with Crippen molar-refractivity contribution in [3.8, 4) is 0 Å². The largest absolute Gasteiger partial charge is 0.348 e. The van der Waals surface area contributed by atoms with Crippen LogP contribution >= 0.6 is 11.3 Å². The number of carbonyl (C=O) groups is 1. The Morgan fingerprint density at radius 2 is 2.17 bits per heavy atom. The number of hydrogen-bond acceptors (Lipinski definition) is 4. The van der Waals surface area contributed by atoms with Gasteiger partial charge in [0.1, 0.15) is 0 Å². The maximum absolute atomic E-state index is 11.8. The first-order valence-electron chi connectivity index (χ1n) is 6.19. The van der Waals surface area contributed by atoms with Crippen LogP contribution in [0, 0.1) is 6.92 Å². The van der Waals surface area contributed by atoms with Gasteiger partial charge in [0.2, 0.25) is 5.91 Å². The molecule has 0 radical (unpaired) electrons. The minimum Gasteiger partial charge on any atom is -0.348 e. The van der Waals surface area contributed by atoms with E-state index in [1.54, 1.807) is 30.3 Å². The first-order valence-corrected chi connectivity index (χ1v) is 7.07. The van der Waals surface area contributed by atoms with Gasteiger partial charge in [-0.2, -0.15) is 0 Å². The third kappa shape index (κ3) is 3.54. The Hall–Kier alpha value is -0.910. The summed E-state index contributed by atoms with van der Waals surface area (Å²) in [5.41, 5.74) is 7.16. The molecule has 1 unspecified atom stereocenters. The molecule has 4 nitrogen and oxygen atoms in total. The van der Waals surface area contributed by atoms with Crippen molar-refractivity contribution in [2.75, 3.05) is 33.7 Å². The van der Waals surface area contributed by atoms with Crippen LogP contribution in [0.3, 0.4) is 0 Å². The lowest BCUT2D eigenvalue weighted by Gasteiger charge is -2.30. The quantitative estimate of drug-likeness (QED) is 0.851. The van der Waals surface area contributed by atoms with Gasteiger partial charge in [-0.3, -0.25) is 9.69 Å². The molecule has 1 atom stereocenters. The predicted octanol–water partition coefficient (Wildman–Crippen LogP) is 1.47. The van der Waals surface area contributed by atoms with Crippen molar-refractivity contribution in [2.45, 2.75) is 19.9 Å². The van der Waals surface area contributed by atoms with Gasteiger partial charge in [0, 0.05) is 25.5 Å². The van der Waals surface area contributed by atoms with Gasteiger partial charge in [0.05, 0.1) is 12.6 Å². The molecule has 1 aromatic rings. The molecule has 1 aromatic heterocycles. The van der Waals surface area contributed by atoms with Gasteiger partial charge >= 0.3 is 0 Å². The molecule has 1 heterocycles. The second kappa shape index (κ2) is 6.87. The first kappa shape index (κ1) is 15.1. The van der Waals surface area contributed by atoms with Gasteiger partial charge in [-0.15, -0.1) is 11.3 Å². The summed E-state index contributed by atoms with van der Waals surface area (Å²) in [5, 5.41) is 2.08. The van der Waals surface area contributed by atoms with Crippen LogP contribution in [0.25, 0.3) is 0 Å². The van der Waals surface area contributed by atoms with E-state index >= 15 is 0 Å². The monoisotopic (exact) mass is 269 g/mol. The minimum atomic E-state index is 0.115. The van der Waals surface area contributed by atoms with Crippen LogP contribution < -0.4 is 5.73 Å². The zero-order chi connectivity index (χ0) is 13.7. The lowest BCUT2D eigenvalue weighted by molar-refractivity contribution is -0.130. The summed E-state index contributed by atoms with van der Waals surface area (Å²) in [7, 11) is 3.56. The Bertz CT molecular complexity index is 389. The zero-order valence-electron chi connectivity index (χ0n) is 11.6. The van der Waals surface area contributed by atoms with E-state index < -0.39 is 0 Å². The fourth-order valence-electron chi connectivity index (χ4n) is 1.91. The topological polar surface area (TPSA) is 49.6 Å². The Balaban J connectivity index is 2.85. The van der Waals surface area contributed by atoms with Crippen molar-refractivity contribution in [2.24, 2.45) is 5.73 Å². The molecule has 0 aliphatic heterocycles. The molecule has 1 rings (SSSR count). The molecule has 5 heteroatoms. The summed E-state index contributed by atoms with van der Waals surface area (Å²) < 4.78 is 0. The van der Waals surface area contributed by atoms with E-state index in [0.717, 1.165) is 6.54 Å². The van der Waals surface area contributed by atoms with E-state index in [1.165, 1.54) is 10.4 Å². The number of nitrogens with zero attached hydrogens (tertiary/aromatic N) is 2. The number of rotatable bonds is 6. The Morgan fingerprint density at radius 1 is 1.50 bits per heavy atom. The van der Waals surface area contributed by atoms with Crippen LogP contribution in [0.1, 0.15) is 23.4 Å². The smallest absolute Gasteiger partial charge is 0.236 e. The molecule has 0 aliphatic rings. The third-order valence-electron chi connectivity index (χ3n) is 3.11. The van der Waals surface area contributed by atoms with Crippen molar-refractivity contribution in [3.63, 3.8) is 0 Å². The number of nitrogens with two attached hydrogens (primary N) is 1. The lowest BCUT2D eigenvalue weighted by Crippen LogP contribution is -2.41. The van der Waals surface area contributed by atoms with Crippen LogP contribution in [-0.4, -0.2) is 49.4 Å². The Kier molecular flexibility index (Phi) is 5.78. The van der Waals surface area contributed by atoms with Gasteiger partial charge in [-0.05, 0) is 30.5 Å². The van der Waals surface area contributed by atoms with Gasteiger partial charge in [0.25, 0.3) is 0 Å². The van der Waals surface area contributed by atoms with Crippen molar-refractivity contribution in [1.82, 2.24) is 9.80 Å². The maximum Gasteiger partial charge on any atom is 0.236 e. The average Bonchev–Trinajstić information content (AvgIpc) is 2.75. The highest BCUT2D eigenvalue weighted by Crippen LogP contribution is 2.27. The molecular weight excluding hydrogens is 246 g/mol. The molecule has 18 heavy (non-hydrogen) atoms. The number of carbonyl (C=O) groups excluding carboxylic acids is 1. The Labute approximate surface area is 113 Å². The molecule has 1 amide bonds. The van der Waals surface area contributed by atoms with Crippen LogP contribution in [0.2, 0.25) is 0 Å². The van der Waals surface area contributed by atoms with Crippen LogP contribution in [0.5, 0.6) is 0 Å². The molecule has 2 N–H and O–H groups in total. The molecular formula is C13H23N3OS.